The van der Waals surface area contributed by atoms with Gasteiger partial charge in [0.2, 0.25) is 0 Å². The molecule has 0 unspecified atom stereocenters. The predicted molar refractivity (Wildman–Crippen MR) is 66.9 cm³/mol. The zero-order valence-electron chi connectivity index (χ0n) is 10.2. The van der Waals surface area contributed by atoms with Crippen molar-refractivity contribution < 1.29 is 9.13 Å². The quantitative estimate of drug-likeness (QED) is 0.802. The van der Waals surface area contributed by atoms with Crippen molar-refractivity contribution in [3.05, 3.63) is 35.9 Å². The number of benzene rings is 1. The molecule has 0 saturated carbocycles. The molecule has 0 N–H and O–H groups in total. The lowest BCUT2D eigenvalue weighted by atomic mass is 10.1. The molecule has 0 amide bonds. The summed E-state index contributed by atoms with van der Waals surface area (Å²) in [5.41, 5.74) is 0.560. The minimum atomic E-state index is -0.196. The fraction of sp³-hybridized carbons (Fsp3) is 0.357. The van der Waals surface area contributed by atoms with Crippen LogP contribution in [0.3, 0.4) is 0 Å². The summed E-state index contributed by atoms with van der Waals surface area (Å²) in [7, 11) is 1.60. The molecular weight excluding hydrogens is 217 g/mol. The highest BCUT2D eigenvalue weighted by Gasteiger charge is 2.09. The van der Waals surface area contributed by atoms with Crippen LogP contribution in [0.2, 0.25) is 0 Å². The van der Waals surface area contributed by atoms with E-state index in [0.717, 1.165) is 24.0 Å². The third kappa shape index (κ3) is 2.38. The normalized spacial score (nSPS) is 10.8. The largest absolute Gasteiger partial charge is 0.497 e. The summed E-state index contributed by atoms with van der Waals surface area (Å²) in [6, 6.07) is 5.32. The van der Waals surface area contributed by atoms with Crippen molar-refractivity contribution in [2.75, 3.05) is 7.11 Å². The molecule has 3 heteroatoms. The molecule has 17 heavy (non-hydrogen) atoms. The minimum Gasteiger partial charge on any atom is -0.497 e. The van der Waals surface area contributed by atoms with Gasteiger partial charge in [-0.2, -0.15) is 0 Å². The Kier molecular flexibility index (Phi) is 3.57. The van der Waals surface area contributed by atoms with E-state index in [1.807, 2.05) is 0 Å². The molecule has 0 spiro atoms. The van der Waals surface area contributed by atoms with Gasteiger partial charge in [-0.1, -0.05) is 13.3 Å². The first-order valence-electron chi connectivity index (χ1n) is 5.87. The van der Waals surface area contributed by atoms with Gasteiger partial charge < -0.3 is 4.74 Å². The van der Waals surface area contributed by atoms with Gasteiger partial charge in [-0.05, 0) is 31.0 Å². The fourth-order valence-electron chi connectivity index (χ4n) is 1.85. The summed E-state index contributed by atoms with van der Waals surface area (Å²) in [6.07, 6.45) is 4.42. The number of fused-ring (bicyclic) bond motifs is 1. The number of aryl methyl sites for hydroxylation is 1. The van der Waals surface area contributed by atoms with E-state index in [1.165, 1.54) is 0 Å². The van der Waals surface area contributed by atoms with Gasteiger partial charge in [0, 0.05) is 17.0 Å². The molecule has 90 valence electrons. The number of rotatable bonds is 4. The van der Waals surface area contributed by atoms with E-state index < -0.39 is 0 Å². The maximum Gasteiger partial charge on any atom is 0.152 e. The highest BCUT2D eigenvalue weighted by atomic mass is 19.1. The average molecular weight is 233 g/mol. The van der Waals surface area contributed by atoms with Gasteiger partial charge in [0.05, 0.1) is 12.8 Å². The highest BCUT2D eigenvalue weighted by molar-refractivity contribution is 5.84. The van der Waals surface area contributed by atoms with Crippen LogP contribution in [0.15, 0.2) is 24.4 Å². The molecular formula is C14H16FNO. The molecule has 2 aromatic rings. The van der Waals surface area contributed by atoms with E-state index in [-0.39, 0.29) is 5.82 Å². The predicted octanol–water partition coefficient (Wildman–Crippen LogP) is 3.73. The first-order chi connectivity index (χ1) is 8.26. The number of aromatic nitrogens is 1. The van der Waals surface area contributed by atoms with E-state index in [9.17, 15) is 4.39 Å². The second kappa shape index (κ2) is 5.13. The maximum atomic E-state index is 14.1. The average Bonchev–Trinajstić information content (AvgIpc) is 2.37. The summed E-state index contributed by atoms with van der Waals surface area (Å²) < 4.78 is 19.2. The molecule has 1 heterocycles. The van der Waals surface area contributed by atoms with Crippen LogP contribution in [0.1, 0.15) is 25.5 Å². The Balaban J connectivity index is 2.45. The topological polar surface area (TPSA) is 22.1 Å². The standard InChI is InChI=1S/C14H16FNO/c1-3-4-5-13-14(15)12-7-6-11(17-2)8-10(12)9-16-13/h6-9H,3-5H2,1-2H3. The van der Waals surface area contributed by atoms with Crippen molar-refractivity contribution in [2.24, 2.45) is 0 Å². The zero-order valence-corrected chi connectivity index (χ0v) is 10.2. The van der Waals surface area contributed by atoms with Gasteiger partial charge in [0.15, 0.2) is 5.82 Å². The van der Waals surface area contributed by atoms with Crippen LogP contribution in [0.5, 0.6) is 5.75 Å². The van der Waals surface area contributed by atoms with Crippen molar-refractivity contribution in [1.82, 2.24) is 4.98 Å². The van der Waals surface area contributed by atoms with Gasteiger partial charge in [0.1, 0.15) is 5.75 Å². The van der Waals surface area contributed by atoms with E-state index in [2.05, 4.69) is 11.9 Å². The second-order valence-corrected chi connectivity index (χ2v) is 4.08. The summed E-state index contributed by atoms with van der Waals surface area (Å²) in [4.78, 5) is 4.19. The SMILES string of the molecule is CCCCc1ncc2cc(OC)ccc2c1F. The third-order valence-corrected chi connectivity index (χ3v) is 2.88. The van der Waals surface area contributed by atoms with E-state index in [1.54, 1.807) is 31.5 Å². The molecule has 0 fully saturated rings. The maximum absolute atomic E-state index is 14.1. The van der Waals surface area contributed by atoms with Crippen LogP contribution >= 0.6 is 0 Å². The molecule has 0 radical (unpaired) electrons. The van der Waals surface area contributed by atoms with Gasteiger partial charge in [-0.15, -0.1) is 0 Å². The highest BCUT2D eigenvalue weighted by Crippen LogP contribution is 2.24. The molecule has 0 atom stereocenters. The van der Waals surface area contributed by atoms with E-state index >= 15 is 0 Å². The number of methoxy groups -OCH3 is 1. The lowest BCUT2D eigenvalue weighted by Gasteiger charge is -2.06. The van der Waals surface area contributed by atoms with Crippen molar-refractivity contribution in [3.8, 4) is 5.75 Å². The van der Waals surface area contributed by atoms with Crippen LogP contribution in [0, 0.1) is 5.82 Å². The van der Waals surface area contributed by atoms with E-state index in [4.69, 9.17) is 4.74 Å². The summed E-state index contributed by atoms with van der Waals surface area (Å²) >= 11 is 0. The Morgan fingerprint density at radius 2 is 2.18 bits per heavy atom. The Morgan fingerprint density at radius 1 is 1.35 bits per heavy atom. The summed E-state index contributed by atoms with van der Waals surface area (Å²) in [5, 5.41) is 1.40. The Labute approximate surface area is 100 Å². The summed E-state index contributed by atoms with van der Waals surface area (Å²) in [5.74, 6) is 0.526. The molecule has 0 aliphatic carbocycles. The van der Waals surface area contributed by atoms with Gasteiger partial charge in [0.25, 0.3) is 0 Å². The van der Waals surface area contributed by atoms with Crippen LogP contribution in [-0.4, -0.2) is 12.1 Å². The Morgan fingerprint density at radius 3 is 2.88 bits per heavy atom. The molecule has 0 aliphatic rings. The number of pyridine rings is 1. The first-order valence-corrected chi connectivity index (χ1v) is 5.87. The van der Waals surface area contributed by atoms with Crippen molar-refractivity contribution in [1.29, 1.82) is 0 Å². The minimum absolute atomic E-state index is 0.196. The monoisotopic (exact) mass is 233 g/mol. The van der Waals surface area contributed by atoms with Crippen LogP contribution < -0.4 is 4.74 Å². The molecule has 0 aliphatic heterocycles. The number of ether oxygens (including phenoxy) is 1. The van der Waals surface area contributed by atoms with Crippen molar-refractivity contribution in [2.45, 2.75) is 26.2 Å². The number of unbranched alkanes of at least 4 members (excludes halogenated alkanes) is 1. The Bertz CT molecular complexity index is 525. The number of hydrogen-bond acceptors (Lipinski definition) is 2. The molecule has 2 nitrogen and oxygen atoms in total. The lowest BCUT2D eigenvalue weighted by molar-refractivity contribution is 0.415. The first kappa shape index (κ1) is 11.8. The number of hydrogen-bond donors (Lipinski definition) is 0. The molecule has 1 aromatic carbocycles. The summed E-state index contributed by atoms with van der Waals surface area (Å²) in [6.45, 7) is 2.09. The number of nitrogens with zero attached hydrogens (tertiary/aromatic N) is 1. The van der Waals surface area contributed by atoms with Crippen molar-refractivity contribution >= 4 is 10.8 Å². The fourth-order valence-corrected chi connectivity index (χ4v) is 1.85. The van der Waals surface area contributed by atoms with Gasteiger partial charge in [-0.25, -0.2) is 4.39 Å². The zero-order chi connectivity index (χ0) is 12.3. The third-order valence-electron chi connectivity index (χ3n) is 2.88. The molecule has 1 aromatic heterocycles. The van der Waals surface area contributed by atoms with Crippen molar-refractivity contribution in [3.63, 3.8) is 0 Å². The second-order valence-electron chi connectivity index (χ2n) is 4.08. The van der Waals surface area contributed by atoms with Crippen LogP contribution in [-0.2, 0) is 6.42 Å². The molecule has 2 rings (SSSR count). The van der Waals surface area contributed by atoms with Crippen LogP contribution in [0.25, 0.3) is 10.8 Å². The number of halogens is 1. The smallest absolute Gasteiger partial charge is 0.152 e. The van der Waals surface area contributed by atoms with Crippen LogP contribution in [0.4, 0.5) is 4.39 Å². The van der Waals surface area contributed by atoms with Gasteiger partial charge >= 0.3 is 0 Å². The Hall–Kier alpha value is -1.64. The molecule has 0 bridgehead atoms. The van der Waals surface area contributed by atoms with E-state index in [0.29, 0.717) is 17.5 Å². The van der Waals surface area contributed by atoms with Gasteiger partial charge in [-0.3, -0.25) is 4.98 Å². The lowest BCUT2D eigenvalue weighted by Crippen LogP contribution is -1.96. The molecule has 0 saturated heterocycles.